The summed E-state index contributed by atoms with van der Waals surface area (Å²) in [5.41, 5.74) is 0. The normalized spacial score (nSPS) is 20.7. The van der Waals surface area contributed by atoms with E-state index in [9.17, 15) is 16.8 Å². The third-order valence-corrected chi connectivity index (χ3v) is 5.79. The molecule has 0 aromatic carbocycles. The van der Waals surface area contributed by atoms with Crippen LogP contribution in [0.2, 0.25) is 0 Å². The van der Waals surface area contributed by atoms with Crippen LogP contribution in [0.5, 0.6) is 0 Å². The van der Waals surface area contributed by atoms with Gasteiger partial charge in [0.15, 0.2) is 0 Å². The van der Waals surface area contributed by atoms with Crippen molar-refractivity contribution < 1.29 is 21.4 Å². The molecule has 1 rings (SSSR count). The van der Waals surface area contributed by atoms with Crippen LogP contribution < -0.4 is 0 Å². The van der Waals surface area contributed by atoms with Gasteiger partial charge in [0.25, 0.3) is 10.1 Å². The van der Waals surface area contributed by atoms with Gasteiger partial charge in [-0.1, -0.05) is 0 Å². The molecule has 1 N–H and O–H groups in total. The average molecular weight is 263 g/mol. The molecule has 0 saturated heterocycles. The van der Waals surface area contributed by atoms with Gasteiger partial charge in [-0.2, -0.15) is 8.42 Å². The van der Waals surface area contributed by atoms with E-state index in [1.165, 1.54) is 0 Å². The van der Waals surface area contributed by atoms with Crippen LogP contribution in [0.15, 0.2) is 0 Å². The van der Waals surface area contributed by atoms with Crippen LogP contribution in [0.4, 0.5) is 0 Å². The van der Waals surface area contributed by atoms with Crippen LogP contribution in [0, 0.1) is 0 Å². The fourth-order valence-corrected chi connectivity index (χ4v) is 3.51. The first kappa shape index (κ1) is 12.2. The topological polar surface area (TPSA) is 88.5 Å². The van der Waals surface area contributed by atoms with Gasteiger partial charge in [-0.15, -0.1) is 0 Å². The molecule has 0 amide bonds. The van der Waals surface area contributed by atoms with Crippen molar-refractivity contribution in [3.8, 4) is 0 Å². The molecule has 1 saturated carbocycles. The minimum Gasteiger partial charge on any atom is -0.286 e. The predicted octanol–water partition coefficient (Wildman–Crippen LogP) is 0.756. The van der Waals surface area contributed by atoms with Crippen molar-refractivity contribution in [2.24, 2.45) is 0 Å². The lowest BCUT2D eigenvalue weighted by atomic mass is 10.2. The summed E-state index contributed by atoms with van der Waals surface area (Å²) in [5.74, 6) is -0.416. The van der Waals surface area contributed by atoms with E-state index in [0.717, 1.165) is 0 Å². The van der Waals surface area contributed by atoms with E-state index in [-0.39, 0.29) is 12.8 Å². The van der Waals surface area contributed by atoms with Crippen molar-refractivity contribution >= 4 is 29.9 Å². The molecule has 0 aromatic rings. The van der Waals surface area contributed by atoms with Crippen LogP contribution in [0.3, 0.4) is 0 Å². The Balaban J connectivity index is 2.48. The number of halogens is 1. The fraction of sp³-hybridized carbons (Fsp3) is 1.00. The average Bonchev–Trinajstić information content (AvgIpc) is 2.63. The van der Waals surface area contributed by atoms with E-state index >= 15 is 0 Å². The first-order valence-corrected chi connectivity index (χ1v) is 7.98. The number of hydrogen-bond acceptors (Lipinski definition) is 4. The summed E-state index contributed by atoms with van der Waals surface area (Å²) in [7, 11) is -2.42. The largest absolute Gasteiger partial charge is 0.286 e. The van der Waals surface area contributed by atoms with E-state index in [1.54, 1.807) is 0 Å². The Bertz CT molecular complexity index is 406. The third kappa shape index (κ3) is 3.08. The summed E-state index contributed by atoms with van der Waals surface area (Å²) in [5, 5.41) is 0. The molecule has 14 heavy (non-hydrogen) atoms. The SMILES string of the molecule is O=S(=O)(O)CCCC1(S(=O)(=O)Cl)CC1. The van der Waals surface area contributed by atoms with Gasteiger partial charge < -0.3 is 0 Å². The minimum atomic E-state index is -4.00. The van der Waals surface area contributed by atoms with Gasteiger partial charge in [-0.05, 0) is 25.7 Å². The van der Waals surface area contributed by atoms with Gasteiger partial charge >= 0.3 is 0 Å². The quantitative estimate of drug-likeness (QED) is 0.584. The van der Waals surface area contributed by atoms with Crippen molar-refractivity contribution in [2.45, 2.75) is 30.4 Å². The Hall–Kier alpha value is 0.150. The zero-order valence-electron chi connectivity index (χ0n) is 7.31. The summed E-state index contributed by atoms with van der Waals surface area (Å²) in [6.45, 7) is 0. The highest BCUT2D eigenvalue weighted by Gasteiger charge is 2.53. The van der Waals surface area contributed by atoms with Gasteiger partial charge in [-0.25, -0.2) is 8.42 Å². The van der Waals surface area contributed by atoms with Crippen molar-refractivity contribution in [3.63, 3.8) is 0 Å². The van der Waals surface area contributed by atoms with E-state index in [2.05, 4.69) is 0 Å². The van der Waals surface area contributed by atoms with Crippen LogP contribution in [0.1, 0.15) is 25.7 Å². The molecule has 0 aliphatic heterocycles. The maximum atomic E-state index is 11.0. The van der Waals surface area contributed by atoms with E-state index in [4.69, 9.17) is 15.2 Å². The molecule has 0 bridgehead atoms. The molecule has 1 aliphatic rings. The molecule has 0 radical (unpaired) electrons. The van der Waals surface area contributed by atoms with Gasteiger partial charge in [0.1, 0.15) is 0 Å². The molecule has 0 aromatic heterocycles. The molecule has 0 atom stereocenters. The molecule has 0 unspecified atom stereocenters. The lowest BCUT2D eigenvalue weighted by molar-refractivity contribution is 0.478. The summed E-state index contributed by atoms with van der Waals surface area (Å²) < 4.78 is 50.3. The van der Waals surface area contributed by atoms with Crippen molar-refractivity contribution in [2.75, 3.05) is 5.75 Å². The van der Waals surface area contributed by atoms with Gasteiger partial charge in [0, 0.05) is 10.7 Å². The molecule has 84 valence electrons. The van der Waals surface area contributed by atoms with Gasteiger partial charge in [0.05, 0.1) is 10.5 Å². The van der Waals surface area contributed by atoms with E-state index < -0.39 is 29.7 Å². The van der Waals surface area contributed by atoms with Gasteiger partial charge in [0.2, 0.25) is 9.05 Å². The monoisotopic (exact) mass is 262 g/mol. The first-order chi connectivity index (χ1) is 6.16. The van der Waals surface area contributed by atoms with Gasteiger partial charge in [-0.3, -0.25) is 4.55 Å². The van der Waals surface area contributed by atoms with Crippen molar-refractivity contribution in [1.29, 1.82) is 0 Å². The predicted molar refractivity (Wildman–Crippen MR) is 52.4 cm³/mol. The minimum absolute atomic E-state index is 0.116. The molecule has 0 spiro atoms. The third-order valence-electron chi connectivity index (χ3n) is 2.36. The second kappa shape index (κ2) is 3.62. The molecule has 1 fully saturated rings. The Morgan fingerprint density at radius 2 is 1.71 bits per heavy atom. The zero-order chi connectivity index (χ0) is 11.0. The van der Waals surface area contributed by atoms with Crippen LogP contribution >= 0.6 is 10.7 Å². The highest BCUT2D eigenvalue weighted by atomic mass is 35.7. The van der Waals surface area contributed by atoms with Crippen LogP contribution in [-0.4, -0.2) is 31.9 Å². The Labute approximate surface area is 87.6 Å². The fourth-order valence-electron chi connectivity index (χ4n) is 1.33. The smallest absolute Gasteiger partial charge is 0.264 e. The molecule has 5 nitrogen and oxygen atoms in total. The van der Waals surface area contributed by atoms with E-state index in [0.29, 0.717) is 12.8 Å². The molecular weight excluding hydrogens is 252 g/mol. The Morgan fingerprint density at radius 3 is 2.00 bits per heavy atom. The zero-order valence-corrected chi connectivity index (χ0v) is 9.70. The first-order valence-electron chi connectivity index (χ1n) is 4.06. The number of rotatable bonds is 5. The maximum Gasteiger partial charge on any atom is 0.264 e. The Morgan fingerprint density at radius 1 is 1.21 bits per heavy atom. The summed E-state index contributed by atoms with van der Waals surface area (Å²) in [6, 6.07) is 0. The highest BCUT2D eigenvalue weighted by molar-refractivity contribution is 8.15. The highest BCUT2D eigenvalue weighted by Crippen LogP contribution is 2.49. The summed E-state index contributed by atoms with van der Waals surface area (Å²) in [6.07, 6.45) is 1.26. The second-order valence-electron chi connectivity index (χ2n) is 3.51. The lowest BCUT2D eigenvalue weighted by Crippen LogP contribution is -2.19. The number of hydrogen-bond donors (Lipinski definition) is 1. The summed E-state index contributed by atoms with van der Waals surface area (Å²) in [4.78, 5) is 0. The standard InChI is InChI=1S/C6H11ClO5S2/c7-14(11,12)6(3-4-6)2-1-5-13(8,9)10/h1-5H2,(H,8,9,10). The van der Waals surface area contributed by atoms with Crippen molar-refractivity contribution in [1.82, 2.24) is 0 Å². The van der Waals surface area contributed by atoms with Crippen molar-refractivity contribution in [3.05, 3.63) is 0 Å². The maximum absolute atomic E-state index is 11.0. The molecule has 8 heteroatoms. The molecule has 0 heterocycles. The Kier molecular flexibility index (Phi) is 3.16. The van der Waals surface area contributed by atoms with Crippen LogP contribution in [-0.2, 0) is 19.2 Å². The molecular formula is C6H11ClO5S2. The van der Waals surface area contributed by atoms with Crippen LogP contribution in [0.25, 0.3) is 0 Å². The lowest BCUT2D eigenvalue weighted by Gasteiger charge is -2.09. The van der Waals surface area contributed by atoms with E-state index in [1.807, 2.05) is 0 Å². The summed E-state index contributed by atoms with van der Waals surface area (Å²) >= 11 is 0. The second-order valence-corrected chi connectivity index (χ2v) is 8.04. The molecule has 1 aliphatic carbocycles.